The molecule has 0 radical (unpaired) electrons. The number of carbonyl (C=O) groups is 2. The minimum Gasteiger partial charge on any atom is -0.466 e. The van der Waals surface area contributed by atoms with E-state index in [9.17, 15) is 15.1 Å². The lowest BCUT2D eigenvalue weighted by Crippen LogP contribution is -2.70. The molecule has 0 aliphatic carbocycles. The fraction of sp³-hybridized carbons (Fsp3) is 0.800. The molecule has 6 atom stereocenters. The van der Waals surface area contributed by atoms with Crippen molar-refractivity contribution in [2.24, 2.45) is 5.11 Å². The van der Waals surface area contributed by atoms with Crippen LogP contribution in [-0.2, 0) is 32.3 Å². The van der Waals surface area contributed by atoms with Gasteiger partial charge in [-0.3, -0.25) is 0 Å². The summed E-state index contributed by atoms with van der Waals surface area (Å²) in [6.07, 6.45) is -3.86. The Bertz CT molecular complexity index is 1390. The van der Waals surface area contributed by atoms with Gasteiger partial charge in [-0.1, -0.05) is 96.9 Å². The van der Waals surface area contributed by atoms with Gasteiger partial charge in [-0.15, -0.1) is 0 Å². The Labute approximate surface area is 345 Å². The first kappa shape index (κ1) is 50.3. The number of benzene rings is 1. The Morgan fingerprint density at radius 2 is 1.39 bits per heavy atom. The van der Waals surface area contributed by atoms with Crippen LogP contribution in [0.15, 0.2) is 34.3 Å². The molecule has 0 aromatic heterocycles. The summed E-state index contributed by atoms with van der Waals surface area (Å²) in [5.41, 5.74) is 10.0. The van der Waals surface area contributed by atoms with Crippen molar-refractivity contribution in [1.82, 2.24) is 5.32 Å². The van der Waals surface area contributed by atoms with Crippen molar-refractivity contribution in [1.29, 1.82) is 0 Å². The van der Waals surface area contributed by atoms with Crippen LogP contribution in [0.25, 0.3) is 10.4 Å². The van der Waals surface area contributed by atoms with Crippen LogP contribution >= 0.6 is 11.8 Å². The molecule has 1 aliphatic rings. The van der Waals surface area contributed by atoms with Gasteiger partial charge in [-0.25, -0.2) is 9.59 Å². The second-order valence-corrected chi connectivity index (χ2v) is 31.7. The monoisotopic (exact) mass is 854 g/mol. The maximum absolute atomic E-state index is 14.5. The lowest BCUT2D eigenvalue weighted by molar-refractivity contribution is -0.199. The highest BCUT2D eigenvalue weighted by atomic mass is 32.2. The molecular weight excluding hydrogens is 781 g/mol. The van der Waals surface area contributed by atoms with E-state index in [1.54, 1.807) is 0 Å². The van der Waals surface area contributed by atoms with Crippen LogP contribution in [0.1, 0.15) is 95.1 Å². The number of nitrogens with one attached hydrogen (secondary N) is 1. The van der Waals surface area contributed by atoms with Crippen molar-refractivity contribution >= 4 is 48.8 Å². The lowest BCUT2D eigenvalue weighted by atomic mass is 9.89. The van der Waals surface area contributed by atoms with Gasteiger partial charge >= 0.3 is 12.1 Å². The van der Waals surface area contributed by atoms with Crippen LogP contribution in [0.3, 0.4) is 0 Å². The Hall–Kier alpha value is -1.89. The van der Waals surface area contributed by atoms with Gasteiger partial charge in [-0.05, 0) is 99.8 Å². The van der Waals surface area contributed by atoms with Gasteiger partial charge in [-0.2, -0.15) is 0 Å². The smallest absolute Gasteiger partial charge is 0.408 e. The largest absolute Gasteiger partial charge is 0.466 e. The quantitative estimate of drug-likeness (QED) is 0.0373. The number of nitrogens with zero attached hydrogens (tertiary/aromatic N) is 3. The van der Waals surface area contributed by atoms with E-state index in [0.29, 0.717) is 0 Å². The molecule has 1 heterocycles. The number of hydrogen-bond donors (Lipinski definition) is 1. The van der Waals surface area contributed by atoms with Gasteiger partial charge in [0.2, 0.25) is 4.93 Å². The fourth-order valence-corrected chi connectivity index (χ4v) is 17.6. The Morgan fingerprint density at radius 1 is 0.893 bits per heavy atom. The molecule has 1 N–H and O–H groups in total. The number of rotatable bonds is 23. The van der Waals surface area contributed by atoms with Crippen LogP contribution < -0.4 is 5.32 Å². The van der Waals surface area contributed by atoms with Crippen LogP contribution in [0.5, 0.6) is 0 Å². The summed E-state index contributed by atoms with van der Waals surface area (Å²) in [5.74, 6) is -0.565. The predicted molar refractivity (Wildman–Crippen MR) is 235 cm³/mol. The summed E-state index contributed by atoms with van der Waals surface area (Å²) in [6.45, 7) is 26.9. The van der Waals surface area contributed by atoms with Crippen LogP contribution in [0.2, 0.25) is 54.4 Å². The molecule has 12 nitrogen and oxygen atoms in total. The van der Waals surface area contributed by atoms with Gasteiger partial charge in [0.15, 0.2) is 25.0 Å². The topological polar surface area (TPSA) is 150 Å². The molecule has 56 heavy (non-hydrogen) atoms. The number of aryl methyl sites for hydroxylation is 1. The molecule has 320 valence electrons. The molecule has 0 saturated carbocycles. The Kier molecular flexibility index (Phi) is 20.2. The molecule has 1 aromatic carbocycles. The first-order valence-corrected chi connectivity index (χ1v) is 29.4. The standard InChI is InChI=1S/C40H74N4O8SSi3/c1-15-54(16-2,17-3)50-32-28-40(37(45)47-14,53-31-26-24-30(10)25-27-31)48-36(34(32)43-38(46)49-39(11,12)13)35(52-56(21-7,22-8)23-9)33(29-42-44-41)51-55(18-4,19-5)20-6/h24-27,32-36H,15-23,28-29H2,1-14H3,(H,43,46)/t32?,33-,34?,35-,36?,40?/m1/s1. The second-order valence-electron chi connectivity index (χ2n) is 16.2. The number of ether oxygens (including phenoxy) is 3. The number of carbonyl (C=O) groups excluding carboxylic acids is 2. The number of amides is 1. The van der Waals surface area contributed by atoms with E-state index >= 15 is 0 Å². The number of azide groups is 1. The van der Waals surface area contributed by atoms with E-state index in [1.807, 2.05) is 52.0 Å². The van der Waals surface area contributed by atoms with E-state index in [2.05, 4.69) is 77.7 Å². The average Bonchev–Trinajstić information content (AvgIpc) is 3.19. The SMILES string of the molecule is CC[Si](CC)(CC)OC1CC(Sc2ccc(C)cc2)(C(=O)OC)OC([C@H](O[Si](CC)(CC)CC)[C@@H](CN=[N+]=[N-])O[Si](CC)(CC)CC)C1NC(=O)OC(C)(C)C. The van der Waals surface area contributed by atoms with Crippen LogP contribution in [0, 0.1) is 6.92 Å². The van der Waals surface area contributed by atoms with E-state index in [0.717, 1.165) is 64.9 Å². The highest BCUT2D eigenvalue weighted by molar-refractivity contribution is 8.01. The average molecular weight is 855 g/mol. The zero-order valence-corrected chi connectivity index (χ0v) is 40.8. The maximum Gasteiger partial charge on any atom is 0.408 e. The highest BCUT2D eigenvalue weighted by Gasteiger charge is 2.59. The predicted octanol–water partition coefficient (Wildman–Crippen LogP) is 11.1. The van der Waals surface area contributed by atoms with Crippen molar-refractivity contribution in [3.05, 3.63) is 40.3 Å². The molecule has 4 unspecified atom stereocenters. The molecule has 1 fully saturated rings. The molecule has 1 aromatic rings. The minimum absolute atomic E-state index is 0.0179. The first-order valence-electron chi connectivity index (χ1n) is 21.0. The Morgan fingerprint density at radius 3 is 1.84 bits per heavy atom. The van der Waals surface area contributed by atoms with Gasteiger partial charge in [0.1, 0.15) is 11.7 Å². The number of esters is 1. The van der Waals surface area contributed by atoms with Crippen LogP contribution in [-0.4, -0.2) is 91.7 Å². The van der Waals surface area contributed by atoms with Gasteiger partial charge in [0, 0.05) is 16.2 Å². The van der Waals surface area contributed by atoms with E-state index < -0.39 is 78.0 Å². The fourth-order valence-electron chi connectivity index (χ4n) is 7.75. The van der Waals surface area contributed by atoms with Gasteiger partial charge < -0.3 is 32.8 Å². The lowest BCUT2D eigenvalue weighted by Gasteiger charge is -2.53. The van der Waals surface area contributed by atoms with Crippen molar-refractivity contribution in [2.45, 2.75) is 197 Å². The van der Waals surface area contributed by atoms with Crippen molar-refractivity contribution in [3.8, 4) is 0 Å². The van der Waals surface area contributed by atoms with E-state index in [4.69, 9.17) is 27.5 Å². The van der Waals surface area contributed by atoms with Crippen molar-refractivity contribution < 1.29 is 37.1 Å². The van der Waals surface area contributed by atoms with E-state index in [1.165, 1.54) is 18.9 Å². The number of methoxy groups -OCH3 is 1. The number of thioether (sulfide) groups is 1. The molecule has 1 aliphatic heterocycles. The molecule has 16 heteroatoms. The summed E-state index contributed by atoms with van der Waals surface area (Å²) in [7, 11) is -5.95. The third-order valence-corrected chi connectivity index (χ3v) is 27.3. The first-order chi connectivity index (χ1) is 26.4. The molecule has 1 saturated heterocycles. The van der Waals surface area contributed by atoms with Crippen LogP contribution in [0.4, 0.5) is 4.79 Å². The second kappa shape index (κ2) is 22.5. The Balaban J connectivity index is 3.17. The summed E-state index contributed by atoms with van der Waals surface area (Å²) in [6, 6.07) is 14.6. The molecule has 2 rings (SSSR count). The maximum atomic E-state index is 14.5. The molecule has 1 amide bonds. The third kappa shape index (κ3) is 13.1. The zero-order chi connectivity index (χ0) is 42.4. The number of alkyl carbamates (subject to hydrolysis) is 1. The normalized spacial score (nSPS) is 21.8. The van der Waals surface area contributed by atoms with Gasteiger partial charge in [0.25, 0.3) is 0 Å². The van der Waals surface area contributed by atoms with E-state index in [-0.39, 0.29) is 13.0 Å². The molecule has 0 spiro atoms. The number of hydrogen-bond acceptors (Lipinski definition) is 10. The summed E-state index contributed by atoms with van der Waals surface area (Å²) in [5, 5.41) is 7.33. The summed E-state index contributed by atoms with van der Waals surface area (Å²) < 4.78 is 41.1. The van der Waals surface area contributed by atoms with Crippen molar-refractivity contribution in [2.75, 3.05) is 13.7 Å². The highest BCUT2D eigenvalue weighted by Crippen LogP contribution is 2.48. The van der Waals surface area contributed by atoms with Crippen molar-refractivity contribution in [3.63, 3.8) is 0 Å². The third-order valence-electron chi connectivity index (χ3n) is 12.0. The minimum atomic E-state index is -2.51. The zero-order valence-electron chi connectivity index (χ0n) is 37.0. The summed E-state index contributed by atoms with van der Waals surface area (Å²) in [4.78, 5) is 30.9. The molecule has 0 bridgehead atoms. The summed E-state index contributed by atoms with van der Waals surface area (Å²) >= 11 is 1.29. The molecular formula is C40H74N4O8SSi3. The van der Waals surface area contributed by atoms with Gasteiger partial charge in [0.05, 0.1) is 38.0 Å².